The number of imidazole rings is 1. The number of rotatable bonds is 3. The number of nitrogens with zero attached hydrogens (tertiary/aromatic N) is 3. The molecule has 0 aliphatic carbocycles. The highest BCUT2D eigenvalue weighted by Gasteiger charge is 2.30. The summed E-state index contributed by atoms with van der Waals surface area (Å²) in [5, 5.41) is 9.56. The van der Waals surface area contributed by atoms with Crippen LogP contribution in [-0.4, -0.2) is 56.9 Å². The molecule has 4 rings (SSSR count). The molecule has 1 fully saturated rings. The maximum absolute atomic E-state index is 14.7. The van der Waals surface area contributed by atoms with Gasteiger partial charge in [0, 0.05) is 31.3 Å². The average Bonchev–Trinajstić information content (AvgIpc) is 3.03. The number of aromatic nitrogens is 2. The monoisotopic (exact) mass is 459 g/mol. The van der Waals surface area contributed by atoms with E-state index in [-0.39, 0.29) is 24.2 Å². The first kappa shape index (κ1) is 23.0. The molecule has 9 heteroatoms. The van der Waals surface area contributed by atoms with Gasteiger partial charge in [-0.05, 0) is 45.4 Å². The third kappa shape index (κ3) is 4.93. The number of phenols is 1. The van der Waals surface area contributed by atoms with E-state index in [4.69, 9.17) is 9.47 Å². The summed E-state index contributed by atoms with van der Waals surface area (Å²) in [5.74, 6) is -2.32. The maximum atomic E-state index is 14.7. The van der Waals surface area contributed by atoms with E-state index in [1.165, 1.54) is 0 Å². The lowest BCUT2D eigenvalue weighted by Crippen LogP contribution is -2.48. The molecule has 2 aromatic heterocycles. The number of ether oxygens (including phenoxy) is 2. The van der Waals surface area contributed by atoms with Crippen molar-refractivity contribution in [2.45, 2.75) is 45.8 Å². The molecule has 1 atom stereocenters. The lowest BCUT2D eigenvalue weighted by molar-refractivity contribution is -0.0418. The van der Waals surface area contributed by atoms with Crippen LogP contribution in [-0.2, 0) is 15.9 Å². The van der Waals surface area contributed by atoms with Crippen molar-refractivity contribution in [2.24, 2.45) is 0 Å². The van der Waals surface area contributed by atoms with Crippen LogP contribution in [0.2, 0.25) is 0 Å². The summed E-state index contributed by atoms with van der Waals surface area (Å²) in [7, 11) is 0. The number of phenolic OH excluding ortho intramolecular Hbond substituents is 1. The first-order valence-corrected chi connectivity index (χ1v) is 10.8. The van der Waals surface area contributed by atoms with E-state index >= 15 is 0 Å². The lowest BCUT2D eigenvalue weighted by Gasteiger charge is -2.34. The number of halogens is 2. The maximum Gasteiger partial charge on any atom is 0.410 e. The predicted molar refractivity (Wildman–Crippen MR) is 118 cm³/mol. The van der Waals surface area contributed by atoms with Crippen molar-refractivity contribution in [3.8, 4) is 17.0 Å². The minimum atomic E-state index is -0.908. The third-order valence-corrected chi connectivity index (χ3v) is 5.36. The predicted octanol–water partition coefficient (Wildman–Crippen LogP) is 4.47. The smallest absolute Gasteiger partial charge is 0.410 e. The Hall–Kier alpha value is -3.20. The molecule has 0 bridgehead atoms. The van der Waals surface area contributed by atoms with Crippen LogP contribution in [0, 0.1) is 18.6 Å². The van der Waals surface area contributed by atoms with Crippen molar-refractivity contribution < 1.29 is 28.2 Å². The van der Waals surface area contributed by atoms with Gasteiger partial charge in [0.05, 0.1) is 36.2 Å². The number of carbonyl (C=O) groups is 1. The second-order valence-corrected chi connectivity index (χ2v) is 9.25. The van der Waals surface area contributed by atoms with Crippen LogP contribution in [0.5, 0.6) is 5.75 Å². The normalized spacial score (nSPS) is 16.9. The SMILES string of the molecule is Cc1ccn2c(C[C@H]3CN(C(=O)OC(C)(C)C)CCO3)c(-c3c(F)cc(O)cc3F)nc2c1. The van der Waals surface area contributed by atoms with E-state index in [1.807, 2.05) is 19.1 Å². The minimum absolute atomic E-state index is 0.133. The fraction of sp³-hybridized carbons (Fsp3) is 0.417. The lowest BCUT2D eigenvalue weighted by atomic mass is 10.0. The van der Waals surface area contributed by atoms with E-state index in [1.54, 1.807) is 36.3 Å². The fourth-order valence-corrected chi connectivity index (χ4v) is 3.93. The Kier molecular flexibility index (Phi) is 6.00. The molecule has 176 valence electrons. The quantitative estimate of drug-likeness (QED) is 0.625. The molecule has 1 N–H and O–H groups in total. The van der Waals surface area contributed by atoms with Crippen molar-refractivity contribution in [3.05, 3.63) is 53.4 Å². The Morgan fingerprint density at radius 1 is 1.27 bits per heavy atom. The van der Waals surface area contributed by atoms with Crippen LogP contribution in [0.15, 0.2) is 30.5 Å². The second-order valence-electron chi connectivity index (χ2n) is 9.25. The molecule has 7 nitrogen and oxygen atoms in total. The molecule has 0 saturated carbocycles. The second kappa shape index (κ2) is 8.62. The van der Waals surface area contributed by atoms with Crippen LogP contribution in [0.1, 0.15) is 32.0 Å². The Morgan fingerprint density at radius 2 is 1.97 bits per heavy atom. The summed E-state index contributed by atoms with van der Waals surface area (Å²) in [6, 6.07) is 5.41. The molecule has 1 aromatic carbocycles. The van der Waals surface area contributed by atoms with Crippen LogP contribution in [0.4, 0.5) is 13.6 Å². The van der Waals surface area contributed by atoms with Gasteiger partial charge in [-0.2, -0.15) is 0 Å². The van der Waals surface area contributed by atoms with Crippen molar-refractivity contribution in [1.29, 1.82) is 0 Å². The van der Waals surface area contributed by atoms with Gasteiger partial charge < -0.3 is 23.9 Å². The number of hydrogen-bond acceptors (Lipinski definition) is 5. The molecule has 1 amide bonds. The summed E-state index contributed by atoms with van der Waals surface area (Å²) in [6.07, 6.45) is 1.20. The zero-order chi connectivity index (χ0) is 23.9. The van der Waals surface area contributed by atoms with Crippen molar-refractivity contribution >= 4 is 11.7 Å². The topological polar surface area (TPSA) is 76.3 Å². The molecule has 1 aliphatic heterocycles. The van der Waals surface area contributed by atoms with E-state index < -0.39 is 35.2 Å². The zero-order valence-corrected chi connectivity index (χ0v) is 19.1. The summed E-state index contributed by atoms with van der Waals surface area (Å²) in [4.78, 5) is 18.6. The van der Waals surface area contributed by atoms with Gasteiger partial charge in [0.25, 0.3) is 0 Å². The fourth-order valence-electron chi connectivity index (χ4n) is 3.93. The first-order valence-electron chi connectivity index (χ1n) is 10.8. The van der Waals surface area contributed by atoms with Crippen LogP contribution in [0.25, 0.3) is 16.9 Å². The van der Waals surface area contributed by atoms with E-state index in [9.17, 15) is 18.7 Å². The van der Waals surface area contributed by atoms with Gasteiger partial charge >= 0.3 is 6.09 Å². The van der Waals surface area contributed by atoms with Gasteiger partial charge in [-0.25, -0.2) is 18.6 Å². The van der Waals surface area contributed by atoms with Gasteiger partial charge in [-0.1, -0.05) is 0 Å². The van der Waals surface area contributed by atoms with Crippen LogP contribution < -0.4 is 0 Å². The molecule has 33 heavy (non-hydrogen) atoms. The number of morpholine rings is 1. The van der Waals surface area contributed by atoms with Crippen molar-refractivity contribution in [1.82, 2.24) is 14.3 Å². The molecule has 3 heterocycles. The number of hydrogen-bond donors (Lipinski definition) is 1. The Labute approximate surface area is 190 Å². The van der Waals surface area contributed by atoms with Gasteiger partial charge in [0.1, 0.15) is 28.6 Å². The summed E-state index contributed by atoms with van der Waals surface area (Å²) < 4.78 is 42.6. The first-order chi connectivity index (χ1) is 15.5. The van der Waals surface area contributed by atoms with Gasteiger partial charge in [-0.3, -0.25) is 0 Å². The van der Waals surface area contributed by atoms with Crippen molar-refractivity contribution in [2.75, 3.05) is 19.7 Å². The molecular formula is C24H27F2N3O4. The van der Waals surface area contributed by atoms with E-state index in [0.29, 0.717) is 24.5 Å². The number of aryl methyl sites for hydroxylation is 1. The van der Waals surface area contributed by atoms with Gasteiger partial charge in [-0.15, -0.1) is 0 Å². The number of aromatic hydroxyl groups is 1. The highest BCUT2D eigenvalue weighted by atomic mass is 19.1. The molecule has 0 unspecified atom stereocenters. The molecular weight excluding hydrogens is 432 g/mol. The number of amides is 1. The molecule has 3 aromatic rings. The largest absolute Gasteiger partial charge is 0.508 e. The van der Waals surface area contributed by atoms with E-state index in [2.05, 4.69) is 4.98 Å². The highest BCUT2D eigenvalue weighted by Crippen LogP contribution is 2.33. The molecule has 0 spiro atoms. The summed E-state index contributed by atoms with van der Waals surface area (Å²) in [5.41, 5.74) is 1.22. The molecule has 0 radical (unpaired) electrons. The number of carbonyl (C=O) groups excluding carboxylic acids is 1. The summed E-state index contributed by atoms with van der Waals surface area (Å²) in [6.45, 7) is 8.29. The van der Waals surface area contributed by atoms with Gasteiger partial charge in [0.2, 0.25) is 0 Å². The Balaban J connectivity index is 1.70. The average molecular weight is 459 g/mol. The number of pyridine rings is 1. The van der Waals surface area contributed by atoms with E-state index in [0.717, 1.165) is 17.7 Å². The Morgan fingerprint density at radius 3 is 2.64 bits per heavy atom. The number of fused-ring (bicyclic) bond motifs is 1. The summed E-state index contributed by atoms with van der Waals surface area (Å²) >= 11 is 0. The van der Waals surface area contributed by atoms with Gasteiger partial charge in [0.15, 0.2) is 0 Å². The standard InChI is InChI=1S/C24H27F2N3O4/c1-14-5-6-29-19(12-16-13-28(7-8-32-16)23(31)33-24(2,3)4)22(27-20(29)9-14)21-17(25)10-15(30)11-18(21)26/h5-6,9-11,16,30H,7-8,12-13H2,1-4H3/t16-/m0/s1. The molecule has 1 aliphatic rings. The van der Waals surface area contributed by atoms with Crippen molar-refractivity contribution in [3.63, 3.8) is 0 Å². The molecule has 1 saturated heterocycles. The van der Waals surface area contributed by atoms with Crippen LogP contribution >= 0.6 is 0 Å². The zero-order valence-electron chi connectivity index (χ0n) is 19.1. The highest BCUT2D eigenvalue weighted by molar-refractivity contribution is 5.70. The Bertz CT molecular complexity index is 1180. The van der Waals surface area contributed by atoms with Crippen LogP contribution in [0.3, 0.4) is 0 Å². The number of benzene rings is 1. The minimum Gasteiger partial charge on any atom is -0.508 e. The third-order valence-electron chi connectivity index (χ3n) is 5.36.